The molecule has 0 N–H and O–H groups in total. The van der Waals surface area contributed by atoms with Crippen LogP contribution in [0.4, 0.5) is 5.69 Å². The first-order chi connectivity index (χ1) is 14.3. The summed E-state index contributed by atoms with van der Waals surface area (Å²) in [6.45, 7) is 2.68. The average Bonchev–Trinajstić information content (AvgIpc) is 3.15. The van der Waals surface area contributed by atoms with Crippen LogP contribution in [0.3, 0.4) is 0 Å². The highest BCUT2D eigenvalue weighted by Gasteiger charge is 2.36. The van der Waals surface area contributed by atoms with Gasteiger partial charge in [-0.2, -0.15) is 12.7 Å². The summed E-state index contributed by atoms with van der Waals surface area (Å²) >= 11 is 18.6. The van der Waals surface area contributed by atoms with E-state index < -0.39 is 10.2 Å². The third-order valence-corrected chi connectivity index (χ3v) is 7.83. The summed E-state index contributed by atoms with van der Waals surface area (Å²) in [6, 6.07) is 12.5. The van der Waals surface area contributed by atoms with Gasteiger partial charge in [0, 0.05) is 42.1 Å². The van der Waals surface area contributed by atoms with Crippen LogP contribution in [0.2, 0.25) is 15.1 Å². The standard InChI is InChI=1S/C20H19Cl3N4O2S/c1-14-24-8-9-27(14)30(28,29)25-10-11-26(19-7-6-17(22)12-18(19)23)20(13-25)15-2-4-16(21)5-3-15/h2-9,12,20H,10-11,13H2,1H3. The highest BCUT2D eigenvalue weighted by atomic mass is 35.5. The van der Waals surface area contributed by atoms with Crippen LogP contribution in [-0.2, 0) is 10.2 Å². The van der Waals surface area contributed by atoms with Crippen molar-refractivity contribution in [2.75, 3.05) is 24.5 Å². The van der Waals surface area contributed by atoms with E-state index in [1.165, 1.54) is 20.7 Å². The minimum atomic E-state index is -3.74. The van der Waals surface area contributed by atoms with Crippen molar-refractivity contribution in [3.8, 4) is 0 Å². The molecule has 0 spiro atoms. The van der Waals surface area contributed by atoms with E-state index in [-0.39, 0.29) is 12.6 Å². The molecular weight excluding hydrogens is 467 g/mol. The molecule has 3 aromatic rings. The molecule has 1 aromatic heterocycles. The zero-order valence-electron chi connectivity index (χ0n) is 16.0. The molecular formula is C20H19Cl3N4O2S. The Kier molecular flexibility index (Phi) is 6.01. The lowest BCUT2D eigenvalue weighted by atomic mass is 10.0. The lowest BCUT2D eigenvalue weighted by Crippen LogP contribution is -2.52. The Labute approximate surface area is 190 Å². The van der Waals surface area contributed by atoms with Crippen LogP contribution in [0.15, 0.2) is 54.9 Å². The molecule has 0 amide bonds. The summed E-state index contributed by atoms with van der Waals surface area (Å²) < 4.78 is 29.1. The van der Waals surface area contributed by atoms with Crippen molar-refractivity contribution in [3.05, 3.63) is 81.3 Å². The number of anilines is 1. The van der Waals surface area contributed by atoms with Gasteiger partial charge in [0.2, 0.25) is 0 Å². The second-order valence-corrected chi connectivity index (χ2v) is 10.1. The number of aryl methyl sites for hydroxylation is 1. The number of hydrogen-bond donors (Lipinski definition) is 0. The topological polar surface area (TPSA) is 58.4 Å². The smallest absolute Gasteiger partial charge is 0.309 e. The fourth-order valence-electron chi connectivity index (χ4n) is 3.67. The molecule has 1 fully saturated rings. The van der Waals surface area contributed by atoms with E-state index in [1.54, 1.807) is 31.2 Å². The fraction of sp³-hybridized carbons (Fsp3) is 0.250. The van der Waals surface area contributed by atoms with E-state index in [4.69, 9.17) is 34.8 Å². The van der Waals surface area contributed by atoms with Crippen molar-refractivity contribution >= 4 is 50.7 Å². The Balaban J connectivity index is 1.73. The van der Waals surface area contributed by atoms with E-state index >= 15 is 0 Å². The monoisotopic (exact) mass is 484 g/mol. The highest BCUT2D eigenvalue weighted by Crippen LogP contribution is 2.37. The Morgan fingerprint density at radius 3 is 2.33 bits per heavy atom. The number of piperazine rings is 1. The van der Waals surface area contributed by atoms with Gasteiger partial charge in [0.1, 0.15) is 5.82 Å². The minimum Gasteiger partial charge on any atom is -0.361 e. The number of halogens is 3. The molecule has 1 atom stereocenters. The minimum absolute atomic E-state index is 0.251. The van der Waals surface area contributed by atoms with Gasteiger partial charge in [-0.25, -0.2) is 8.96 Å². The van der Waals surface area contributed by atoms with Gasteiger partial charge < -0.3 is 4.90 Å². The summed E-state index contributed by atoms with van der Waals surface area (Å²) in [7, 11) is -3.74. The molecule has 1 saturated heterocycles. The van der Waals surface area contributed by atoms with Gasteiger partial charge in [-0.1, -0.05) is 46.9 Å². The van der Waals surface area contributed by atoms with Crippen molar-refractivity contribution in [2.45, 2.75) is 13.0 Å². The number of hydrogen-bond acceptors (Lipinski definition) is 4. The SMILES string of the molecule is Cc1nccn1S(=O)(=O)N1CCN(c2ccc(Cl)cc2Cl)C(c2ccc(Cl)cc2)C1. The molecule has 1 aliphatic rings. The maximum absolute atomic E-state index is 13.2. The second-order valence-electron chi connectivity index (χ2n) is 6.99. The molecule has 1 unspecified atom stereocenters. The van der Waals surface area contributed by atoms with Crippen LogP contribution in [-0.4, -0.2) is 41.3 Å². The first kappa shape index (κ1) is 21.5. The van der Waals surface area contributed by atoms with Gasteiger partial charge in [0.25, 0.3) is 0 Å². The maximum atomic E-state index is 13.2. The van der Waals surface area contributed by atoms with Crippen LogP contribution >= 0.6 is 34.8 Å². The molecule has 1 aliphatic heterocycles. The Hall–Kier alpha value is -1.77. The highest BCUT2D eigenvalue weighted by molar-refractivity contribution is 7.87. The summed E-state index contributed by atoms with van der Waals surface area (Å²) in [5, 5.41) is 1.68. The largest absolute Gasteiger partial charge is 0.361 e. The van der Waals surface area contributed by atoms with Crippen molar-refractivity contribution in [3.63, 3.8) is 0 Å². The zero-order valence-corrected chi connectivity index (χ0v) is 19.1. The van der Waals surface area contributed by atoms with Gasteiger partial charge in [-0.15, -0.1) is 0 Å². The second kappa shape index (κ2) is 8.40. The van der Waals surface area contributed by atoms with E-state index in [1.807, 2.05) is 18.2 Å². The van der Waals surface area contributed by atoms with Crippen molar-refractivity contribution in [1.82, 2.24) is 13.3 Å². The van der Waals surface area contributed by atoms with Gasteiger partial charge in [-0.05, 0) is 42.8 Å². The van der Waals surface area contributed by atoms with Crippen molar-refractivity contribution in [1.29, 1.82) is 0 Å². The lowest BCUT2D eigenvalue weighted by Gasteiger charge is -2.42. The number of imidazole rings is 1. The van der Waals surface area contributed by atoms with Crippen LogP contribution < -0.4 is 4.90 Å². The fourth-order valence-corrected chi connectivity index (χ4v) is 5.80. The van der Waals surface area contributed by atoms with Gasteiger partial charge in [0.15, 0.2) is 0 Å². The molecule has 0 aliphatic carbocycles. The van der Waals surface area contributed by atoms with E-state index in [0.29, 0.717) is 34.0 Å². The summed E-state index contributed by atoms with van der Waals surface area (Å²) in [5.74, 6) is 0.418. The Bertz CT molecular complexity index is 1170. The van der Waals surface area contributed by atoms with Gasteiger partial charge >= 0.3 is 10.2 Å². The van der Waals surface area contributed by atoms with E-state index in [0.717, 1.165) is 11.3 Å². The van der Waals surface area contributed by atoms with Crippen LogP contribution in [0.1, 0.15) is 17.4 Å². The average molecular weight is 486 g/mol. The summed E-state index contributed by atoms with van der Waals surface area (Å²) in [4.78, 5) is 6.15. The van der Waals surface area contributed by atoms with Crippen molar-refractivity contribution < 1.29 is 8.42 Å². The molecule has 0 saturated carbocycles. The van der Waals surface area contributed by atoms with Gasteiger partial charge in [-0.3, -0.25) is 0 Å². The predicted molar refractivity (Wildman–Crippen MR) is 121 cm³/mol. The molecule has 10 heteroatoms. The molecule has 0 bridgehead atoms. The predicted octanol–water partition coefficient (Wildman–Crippen LogP) is 4.81. The third-order valence-electron chi connectivity index (χ3n) is 5.17. The molecule has 4 rings (SSSR count). The first-order valence-electron chi connectivity index (χ1n) is 9.25. The Morgan fingerprint density at radius 2 is 1.70 bits per heavy atom. The normalized spacial score (nSPS) is 18.0. The van der Waals surface area contributed by atoms with Crippen LogP contribution in [0, 0.1) is 6.92 Å². The molecule has 30 heavy (non-hydrogen) atoms. The zero-order chi connectivity index (χ0) is 21.5. The van der Waals surface area contributed by atoms with Crippen LogP contribution in [0.5, 0.6) is 0 Å². The third kappa shape index (κ3) is 4.05. The number of benzene rings is 2. The summed E-state index contributed by atoms with van der Waals surface area (Å²) in [6.07, 6.45) is 2.94. The quantitative estimate of drug-likeness (QED) is 0.532. The molecule has 158 valence electrons. The molecule has 6 nitrogen and oxygen atoms in total. The van der Waals surface area contributed by atoms with E-state index in [9.17, 15) is 8.42 Å². The van der Waals surface area contributed by atoms with Crippen LogP contribution in [0.25, 0.3) is 0 Å². The Morgan fingerprint density at radius 1 is 1.00 bits per heavy atom. The lowest BCUT2D eigenvalue weighted by molar-refractivity contribution is 0.332. The molecule has 2 heterocycles. The summed E-state index contributed by atoms with van der Waals surface area (Å²) in [5.41, 5.74) is 1.74. The van der Waals surface area contributed by atoms with Crippen molar-refractivity contribution in [2.24, 2.45) is 0 Å². The van der Waals surface area contributed by atoms with E-state index in [2.05, 4.69) is 9.88 Å². The number of rotatable bonds is 4. The number of nitrogens with zero attached hydrogens (tertiary/aromatic N) is 4. The maximum Gasteiger partial charge on any atom is 0.309 e. The molecule has 0 radical (unpaired) electrons. The van der Waals surface area contributed by atoms with Gasteiger partial charge in [0.05, 0.1) is 16.8 Å². The first-order valence-corrected chi connectivity index (χ1v) is 11.8. The molecule has 2 aromatic carbocycles. The number of aromatic nitrogens is 2.